The summed E-state index contributed by atoms with van der Waals surface area (Å²) in [5.74, 6) is -1.42. The average molecular weight is 284 g/mol. The zero-order chi connectivity index (χ0) is 13.1. The second-order valence-corrected chi connectivity index (χ2v) is 5.25. The minimum absolute atomic E-state index is 0.115. The van der Waals surface area contributed by atoms with Crippen LogP contribution in [0, 0.1) is 0 Å². The first-order valence-corrected chi connectivity index (χ1v) is 6.54. The van der Waals surface area contributed by atoms with E-state index in [0.29, 0.717) is 10.6 Å². The normalized spacial score (nSPS) is 10.2. The molecule has 1 amide bonds. The van der Waals surface area contributed by atoms with E-state index >= 15 is 0 Å². The van der Waals surface area contributed by atoms with Crippen molar-refractivity contribution >= 4 is 34.6 Å². The van der Waals surface area contributed by atoms with Crippen LogP contribution in [0.5, 0.6) is 0 Å². The summed E-state index contributed by atoms with van der Waals surface area (Å²) in [7, 11) is 0. The maximum absolute atomic E-state index is 11.7. The van der Waals surface area contributed by atoms with E-state index in [9.17, 15) is 14.4 Å². The number of thiophene rings is 1. The number of H-pyrrole nitrogens is 1. The zero-order valence-corrected chi connectivity index (χ0v) is 10.6. The van der Waals surface area contributed by atoms with Crippen molar-refractivity contribution < 1.29 is 14.7 Å². The quantitative estimate of drug-likeness (QED) is 0.783. The van der Waals surface area contributed by atoms with E-state index < -0.39 is 5.97 Å². The van der Waals surface area contributed by atoms with E-state index in [1.807, 2.05) is 0 Å². The molecule has 0 bridgehead atoms. The van der Waals surface area contributed by atoms with Crippen LogP contribution >= 0.6 is 22.7 Å². The number of aromatic amines is 1. The van der Waals surface area contributed by atoms with Crippen molar-refractivity contribution in [3.8, 4) is 0 Å². The topological polar surface area (TPSA) is 99.3 Å². The second kappa shape index (κ2) is 5.15. The number of carbonyl (C=O) groups excluding carboxylic acids is 1. The van der Waals surface area contributed by atoms with Crippen molar-refractivity contribution in [2.45, 2.75) is 6.54 Å². The highest BCUT2D eigenvalue weighted by Gasteiger charge is 2.12. The van der Waals surface area contributed by atoms with Crippen LogP contribution in [0.4, 0.5) is 0 Å². The Balaban J connectivity index is 1.99. The van der Waals surface area contributed by atoms with E-state index in [0.717, 1.165) is 22.7 Å². The molecule has 0 saturated carbocycles. The fourth-order valence-corrected chi connectivity index (χ4v) is 2.58. The van der Waals surface area contributed by atoms with Crippen LogP contribution in [-0.2, 0) is 6.54 Å². The van der Waals surface area contributed by atoms with E-state index in [-0.39, 0.29) is 22.2 Å². The summed E-state index contributed by atoms with van der Waals surface area (Å²) < 4.78 is 0. The molecule has 0 aliphatic rings. The summed E-state index contributed by atoms with van der Waals surface area (Å²) in [6, 6.07) is 2.84. The van der Waals surface area contributed by atoms with Crippen molar-refractivity contribution in [2.75, 3.05) is 0 Å². The lowest BCUT2D eigenvalue weighted by molar-refractivity contribution is 0.0702. The predicted molar refractivity (Wildman–Crippen MR) is 67.4 cm³/mol. The first-order valence-electron chi connectivity index (χ1n) is 4.84. The molecule has 2 aromatic rings. The molecule has 2 heterocycles. The third kappa shape index (κ3) is 2.84. The Morgan fingerprint density at radius 2 is 2.06 bits per heavy atom. The molecule has 0 aliphatic carbocycles. The number of hydrogen-bond donors (Lipinski definition) is 3. The number of carboxylic acids is 1. The molecule has 0 spiro atoms. The number of rotatable bonds is 4. The van der Waals surface area contributed by atoms with Gasteiger partial charge in [0, 0.05) is 11.1 Å². The monoisotopic (exact) mass is 284 g/mol. The lowest BCUT2D eigenvalue weighted by Crippen LogP contribution is -2.22. The van der Waals surface area contributed by atoms with Gasteiger partial charge in [-0.2, -0.15) is 0 Å². The lowest BCUT2D eigenvalue weighted by Gasteiger charge is -2.00. The Morgan fingerprint density at radius 1 is 1.33 bits per heavy atom. The van der Waals surface area contributed by atoms with Crippen molar-refractivity contribution in [3.05, 3.63) is 42.6 Å². The fourth-order valence-electron chi connectivity index (χ4n) is 1.24. The number of carbonyl (C=O) groups is 2. The van der Waals surface area contributed by atoms with E-state index in [2.05, 4.69) is 10.3 Å². The standard InChI is InChI=1S/C10H8N2O4S2/c13-8(6-1-2-7(18-6)9(14)15)11-3-5-4-17-10(16)12-5/h1-2,4H,3H2,(H,11,13)(H,12,16)(H,14,15). The maximum atomic E-state index is 11.7. The van der Waals surface area contributed by atoms with Crippen LogP contribution in [0.25, 0.3) is 0 Å². The van der Waals surface area contributed by atoms with Gasteiger partial charge < -0.3 is 15.4 Å². The molecule has 0 aromatic carbocycles. The first-order chi connectivity index (χ1) is 8.56. The molecule has 0 radical (unpaired) electrons. The van der Waals surface area contributed by atoms with Crippen LogP contribution in [-0.4, -0.2) is 22.0 Å². The van der Waals surface area contributed by atoms with Gasteiger partial charge in [-0.1, -0.05) is 11.3 Å². The molecule has 0 atom stereocenters. The van der Waals surface area contributed by atoms with Gasteiger partial charge in [0.25, 0.3) is 5.91 Å². The molecule has 0 unspecified atom stereocenters. The molecule has 18 heavy (non-hydrogen) atoms. The molecule has 3 N–H and O–H groups in total. The minimum atomic E-state index is -1.05. The average Bonchev–Trinajstić information content (AvgIpc) is 2.94. The van der Waals surface area contributed by atoms with Crippen molar-refractivity contribution in [1.82, 2.24) is 10.3 Å². The van der Waals surface area contributed by atoms with Crippen molar-refractivity contribution in [3.63, 3.8) is 0 Å². The third-order valence-corrected chi connectivity index (χ3v) is 3.84. The number of hydrogen-bond acceptors (Lipinski definition) is 5. The van der Waals surface area contributed by atoms with Crippen LogP contribution < -0.4 is 10.2 Å². The smallest absolute Gasteiger partial charge is 0.345 e. The van der Waals surface area contributed by atoms with E-state index in [4.69, 9.17) is 5.11 Å². The largest absolute Gasteiger partial charge is 0.477 e. The number of nitrogens with one attached hydrogen (secondary N) is 2. The third-order valence-electron chi connectivity index (χ3n) is 2.05. The highest BCUT2D eigenvalue weighted by atomic mass is 32.1. The van der Waals surface area contributed by atoms with Gasteiger partial charge in [0.2, 0.25) is 0 Å². The van der Waals surface area contributed by atoms with Crippen molar-refractivity contribution in [2.24, 2.45) is 0 Å². The molecular formula is C10H8N2O4S2. The second-order valence-electron chi connectivity index (χ2n) is 3.33. The number of aromatic carboxylic acids is 1. The number of aromatic nitrogens is 1. The molecule has 2 rings (SSSR count). The summed E-state index contributed by atoms with van der Waals surface area (Å²) >= 11 is 1.93. The van der Waals surface area contributed by atoms with Crippen LogP contribution in [0.3, 0.4) is 0 Å². The SMILES string of the molecule is O=C(O)c1ccc(C(=O)NCc2csc(=O)[nH]2)s1. The first kappa shape index (κ1) is 12.5. The van der Waals surface area contributed by atoms with Crippen LogP contribution in [0.15, 0.2) is 22.3 Å². The van der Waals surface area contributed by atoms with E-state index in [1.54, 1.807) is 5.38 Å². The number of carboxylic acid groups (broad SMARTS) is 1. The summed E-state index contributed by atoms with van der Waals surface area (Å²) in [5.41, 5.74) is 0.619. The summed E-state index contributed by atoms with van der Waals surface area (Å²) in [4.78, 5) is 36.0. The molecule has 0 saturated heterocycles. The fraction of sp³-hybridized carbons (Fsp3) is 0.100. The molecule has 0 aliphatic heterocycles. The molecule has 2 aromatic heterocycles. The molecule has 6 nitrogen and oxygen atoms in total. The van der Waals surface area contributed by atoms with Gasteiger partial charge in [0.1, 0.15) is 4.88 Å². The van der Waals surface area contributed by atoms with Gasteiger partial charge in [-0.3, -0.25) is 9.59 Å². The Kier molecular flexibility index (Phi) is 3.58. The number of amides is 1. The highest BCUT2D eigenvalue weighted by molar-refractivity contribution is 7.15. The van der Waals surface area contributed by atoms with Gasteiger partial charge in [-0.05, 0) is 12.1 Å². The summed E-state index contributed by atoms with van der Waals surface area (Å²) in [5, 5.41) is 13.0. The van der Waals surface area contributed by atoms with E-state index in [1.165, 1.54) is 12.1 Å². The molecule has 8 heteroatoms. The Hall–Kier alpha value is -1.93. The van der Waals surface area contributed by atoms with Crippen LogP contribution in [0.2, 0.25) is 0 Å². The Morgan fingerprint density at radius 3 is 2.61 bits per heavy atom. The molecular weight excluding hydrogens is 276 g/mol. The van der Waals surface area contributed by atoms with Gasteiger partial charge in [-0.25, -0.2) is 4.79 Å². The Bertz CT molecular complexity index is 640. The molecule has 94 valence electrons. The van der Waals surface area contributed by atoms with Gasteiger partial charge in [-0.15, -0.1) is 11.3 Å². The Labute approximate surface area is 109 Å². The predicted octanol–water partition coefficient (Wildman–Crippen LogP) is 1.13. The summed E-state index contributed by atoms with van der Waals surface area (Å²) in [6.07, 6.45) is 0. The van der Waals surface area contributed by atoms with Crippen molar-refractivity contribution in [1.29, 1.82) is 0 Å². The van der Waals surface area contributed by atoms with Gasteiger partial charge in [0.15, 0.2) is 0 Å². The van der Waals surface area contributed by atoms with Crippen LogP contribution in [0.1, 0.15) is 25.0 Å². The highest BCUT2D eigenvalue weighted by Crippen LogP contribution is 2.16. The zero-order valence-electron chi connectivity index (χ0n) is 8.93. The minimum Gasteiger partial charge on any atom is -0.477 e. The van der Waals surface area contributed by atoms with Gasteiger partial charge in [0.05, 0.1) is 11.4 Å². The van der Waals surface area contributed by atoms with Gasteiger partial charge >= 0.3 is 10.8 Å². The molecule has 0 fully saturated rings. The maximum Gasteiger partial charge on any atom is 0.345 e. The number of thiazole rings is 1. The lowest BCUT2D eigenvalue weighted by atomic mass is 10.4. The summed E-state index contributed by atoms with van der Waals surface area (Å²) in [6.45, 7) is 0.206.